The van der Waals surface area contributed by atoms with Crippen molar-refractivity contribution in [3.05, 3.63) is 23.7 Å². The zero-order chi connectivity index (χ0) is 11.3. The lowest BCUT2D eigenvalue weighted by Gasteiger charge is -2.18. The number of aliphatic hydroxyl groups excluding tert-OH is 1. The van der Waals surface area contributed by atoms with Gasteiger partial charge < -0.3 is 15.3 Å². The standard InChI is InChI=1S/C11H20N2O2/c1-9-3-4-11(15-9)8-13(2)7-10(14)5-6-12/h3-4,10,14H,5-8,12H2,1-2H3. The van der Waals surface area contributed by atoms with Gasteiger partial charge in [0, 0.05) is 6.54 Å². The van der Waals surface area contributed by atoms with Gasteiger partial charge in [-0.2, -0.15) is 0 Å². The van der Waals surface area contributed by atoms with Crippen molar-refractivity contribution in [3.8, 4) is 0 Å². The molecule has 0 aliphatic carbocycles. The third-order valence-corrected chi connectivity index (χ3v) is 2.24. The molecular formula is C11H20N2O2. The van der Waals surface area contributed by atoms with Crippen molar-refractivity contribution in [1.82, 2.24) is 4.90 Å². The molecule has 15 heavy (non-hydrogen) atoms. The minimum atomic E-state index is -0.351. The molecule has 0 amide bonds. The second-order valence-electron chi connectivity index (χ2n) is 3.94. The number of hydrogen-bond donors (Lipinski definition) is 2. The van der Waals surface area contributed by atoms with Crippen molar-refractivity contribution in [2.24, 2.45) is 5.73 Å². The summed E-state index contributed by atoms with van der Waals surface area (Å²) in [6, 6.07) is 3.90. The molecular weight excluding hydrogens is 192 g/mol. The second kappa shape index (κ2) is 5.90. The third kappa shape index (κ3) is 4.46. The minimum Gasteiger partial charge on any atom is -0.465 e. The molecule has 1 aromatic heterocycles. The zero-order valence-electron chi connectivity index (χ0n) is 9.44. The molecule has 3 N–H and O–H groups in total. The lowest BCUT2D eigenvalue weighted by atomic mass is 10.2. The lowest BCUT2D eigenvalue weighted by molar-refractivity contribution is 0.114. The van der Waals surface area contributed by atoms with E-state index in [1.807, 2.05) is 31.0 Å². The summed E-state index contributed by atoms with van der Waals surface area (Å²) in [6.07, 6.45) is 0.290. The fourth-order valence-corrected chi connectivity index (χ4v) is 1.54. The Morgan fingerprint density at radius 1 is 1.53 bits per heavy atom. The Kier molecular flexibility index (Phi) is 4.81. The Morgan fingerprint density at radius 2 is 2.27 bits per heavy atom. The van der Waals surface area contributed by atoms with E-state index in [2.05, 4.69) is 0 Å². The Hall–Kier alpha value is -0.840. The van der Waals surface area contributed by atoms with Gasteiger partial charge in [-0.05, 0) is 39.1 Å². The Labute approximate surface area is 90.7 Å². The second-order valence-corrected chi connectivity index (χ2v) is 3.94. The van der Waals surface area contributed by atoms with Crippen LogP contribution in [0.3, 0.4) is 0 Å². The fourth-order valence-electron chi connectivity index (χ4n) is 1.54. The monoisotopic (exact) mass is 212 g/mol. The molecule has 0 aliphatic heterocycles. The molecule has 4 nitrogen and oxygen atoms in total. The summed E-state index contributed by atoms with van der Waals surface area (Å²) in [5, 5.41) is 9.55. The van der Waals surface area contributed by atoms with E-state index >= 15 is 0 Å². The van der Waals surface area contributed by atoms with Crippen molar-refractivity contribution in [2.75, 3.05) is 20.1 Å². The van der Waals surface area contributed by atoms with Crippen LogP contribution < -0.4 is 5.73 Å². The number of rotatable bonds is 6. The van der Waals surface area contributed by atoms with Crippen LogP contribution >= 0.6 is 0 Å². The van der Waals surface area contributed by atoms with Gasteiger partial charge in [0.25, 0.3) is 0 Å². The van der Waals surface area contributed by atoms with Gasteiger partial charge in [-0.1, -0.05) is 0 Å². The zero-order valence-corrected chi connectivity index (χ0v) is 9.44. The highest BCUT2D eigenvalue weighted by Crippen LogP contribution is 2.08. The molecule has 0 bridgehead atoms. The molecule has 1 rings (SSSR count). The van der Waals surface area contributed by atoms with E-state index in [1.54, 1.807) is 0 Å². The van der Waals surface area contributed by atoms with Gasteiger partial charge in [0.2, 0.25) is 0 Å². The van der Waals surface area contributed by atoms with Crippen LogP contribution in [0.4, 0.5) is 0 Å². The van der Waals surface area contributed by atoms with E-state index in [4.69, 9.17) is 10.2 Å². The Morgan fingerprint density at radius 3 is 2.80 bits per heavy atom. The smallest absolute Gasteiger partial charge is 0.118 e. The number of nitrogens with two attached hydrogens (primary N) is 1. The first kappa shape index (κ1) is 12.2. The minimum absolute atomic E-state index is 0.351. The van der Waals surface area contributed by atoms with Crippen molar-refractivity contribution in [1.29, 1.82) is 0 Å². The summed E-state index contributed by atoms with van der Waals surface area (Å²) in [4.78, 5) is 2.03. The number of likely N-dealkylation sites (N-methyl/N-ethyl adjacent to an activating group) is 1. The quantitative estimate of drug-likeness (QED) is 0.729. The van der Waals surface area contributed by atoms with Crippen LogP contribution in [0.1, 0.15) is 17.9 Å². The van der Waals surface area contributed by atoms with Gasteiger partial charge in [0.05, 0.1) is 12.6 Å². The van der Waals surface area contributed by atoms with Crippen molar-refractivity contribution in [3.63, 3.8) is 0 Å². The van der Waals surface area contributed by atoms with Gasteiger partial charge in [0.15, 0.2) is 0 Å². The predicted molar refractivity (Wildman–Crippen MR) is 59.5 cm³/mol. The van der Waals surface area contributed by atoms with Gasteiger partial charge >= 0.3 is 0 Å². The van der Waals surface area contributed by atoms with Crippen molar-refractivity contribution < 1.29 is 9.52 Å². The van der Waals surface area contributed by atoms with Crippen LogP contribution in [0, 0.1) is 6.92 Å². The van der Waals surface area contributed by atoms with Gasteiger partial charge in [-0.25, -0.2) is 0 Å². The molecule has 1 atom stereocenters. The number of nitrogens with zero attached hydrogens (tertiary/aromatic N) is 1. The third-order valence-electron chi connectivity index (χ3n) is 2.24. The number of furan rings is 1. The van der Waals surface area contributed by atoms with Crippen LogP contribution in [0.2, 0.25) is 0 Å². The first-order valence-electron chi connectivity index (χ1n) is 5.24. The average molecular weight is 212 g/mol. The summed E-state index contributed by atoms with van der Waals surface area (Å²) < 4.78 is 5.45. The highest BCUT2D eigenvalue weighted by molar-refractivity contribution is 5.05. The van der Waals surface area contributed by atoms with Crippen LogP contribution in [-0.4, -0.2) is 36.2 Å². The van der Waals surface area contributed by atoms with E-state index in [1.165, 1.54) is 0 Å². The number of hydrogen-bond acceptors (Lipinski definition) is 4. The van der Waals surface area contributed by atoms with Crippen LogP contribution in [0.15, 0.2) is 16.5 Å². The summed E-state index contributed by atoms with van der Waals surface area (Å²) >= 11 is 0. The van der Waals surface area contributed by atoms with E-state index in [0.29, 0.717) is 19.5 Å². The fraction of sp³-hybridized carbons (Fsp3) is 0.636. The molecule has 0 aliphatic rings. The molecule has 0 aromatic carbocycles. The molecule has 0 saturated heterocycles. The molecule has 86 valence electrons. The maximum Gasteiger partial charge on any atom is 0.118 e. The van der Waals surface area contributed by atoms with Crippen molar-refractivity contribution in [2.45, 2.75) is 26.0 Å². The summed E-state index contributed by atoms with van der Waals surface area (Å²) in [5.74, 6) is 1.84. The topological polar surface area (TPSA) is 62.6 Å². The van der Waals surface area contributed by atoms with Gasteiger partial charge in [0.1, 0.15) is 11.5 Å². The average Bonchev–Trinajstić information content (AvgIpc) is 2.51. The first-order valence-corrected chi connectivity index (χ1v) is 5.24. The lowest BCUT2D eigenvalue weighted by Crippen LogP contribution is -2.30. The molecule has 0 radical (unpaired) electrons. The summed E-state index contributed by atoms with van der Waals surface area (Å²) in [6.45, 7) is 3.79. The maximum atomic E-state index is 9.55. The number of aryl methyl sites for hydroxylation is 1. The van der Waals surface area contributed by atoms with Crippen molar-refractivity contribution >= 4 is 0 Å². The summed E-state index contributed by atoms with van der Waals surface area (Å²) in [5.41, 5.74) is 5.36. The normalized spacial score (nSPS) is 13.4. The molecule has 0 spiro atoms. The van der Waals surface area contributed by atoms with E-state index in [-0.39, 0.29) is 6.10 Å². The first-order chi connectivity index (χ1) is 7.11. The highest BCUT2D eigenvalue weighted by Gasteiger charge is 2.09. The maximum absolute atomic E-state index is 9.55. The van der Waals surface area contributed by atoms with E-state index in [9.17, 15) is 5.11 Å². The molecule has 1 heterocycles. The molecule has 1 aromatic rings. The SMILES string of the molecule is Cc1ccc(CN(C)CC(O)CCN)o1. The summed E-state index contributed by atoms with van der Waals surface area (Å²) in [7, 11) is 1.96. The number of aliphatic hydroxyl groups is 1. The van der Waals surface area contributed by atoms with Gasteiger partial charge in [-0.3, -0.25) is 4.90 Å². The van der Waals surface area contributed by atoms with E-state index in [0.717, 1.165) is 18.1 Å². The van der Waals surface area contributed by atoms with E-state index < -0.39 is 0 Å². The molecule has 1 unspecified atom stereocenters. The van der Waals surface area contributed by atoms with Crippen LogP contribution in [0.5, 0.6) is 0 Å². The highest BCUT2D eigenvalue weighted by atomic mass is 16.3. The van der Waals surface area contributed by atoms with Crippen LogP contribution in [0.25, 0.3) is 0 Å². The van der Waals surface area contributed by atoms with Gasteiger partial charge in [-0.15, -0.1) is 0 Å². The molecule has 0 saturated carbocycles. The Bertz CT molecular complexity index is 286. The predicted octanol–water partition coefficient (Wildman–Crippen LogP) is 0.730. The van der Waals surface area contributed by atoms with Crippen LogP contribution in [-0.2, 0) is 6.54 Å². The largest absolute Gasteiger partial charge is 0.465 e. The Balaban J connectivity index is 2.32. The molecule has 0 fully saturated rings. The molecule has 4 heteroatoms.